The molecule has 0 aliphatic carbocycles. The minimum atomic E-state index is -3.95. The molecule has 1 aromatic carbocycles. The van der Waals surface area contributed by atoms with Crippen LogP contribution in [0.4, 0.5) is 11.6 Å². The van der Waals surface area contributed by atoms with Crippen LogP contribution >= 0.6 is 22.9 Å². The zero-order valence-electron chi connectivity index (χ0n) is 12.8. The maximum absolute atomic E-state index is 12.4. The van der Waals surface area contributed by atoms with E-state index in [1.807, 2.05) is 6.07 Å². The minimum absolute atomic E-state index is 0.0687. The number of aryl methyl sites for hydroxylation is 1. The lowest BCUT2D eigenvalue weighted by atomic mass is 10.3. The molecule has 1 amide bonds. The highest BCUT2D eigenvalue weighted by atomic mass is 35.5. The third-order valence-corrected chi connectivity index (χ3v) is 5.99. The van der Waals surface area contributed by atoms with E-state index in [0.717, 1.165) is 11.3 Å². The van der Waals surface area contributed by atoms with Crippen LogP contribution < -0.4 is 10.0 Å². The number of carbonyl (C=O) groups is 1. The lowest BCUT2D eigenvalue weighted by Gasteiger charge is -2.03. The predicted octanol–water partition coefficient (Wildman–Crippen LogP) is 3.75. The summed E-state index contributed by atoms with van der Waals surface area (Å²) in [4.78, 5) is 12.4. The van der Waals surface area contributed by atoms with Crippen molar-refractivity contribution in [2.45, 2.75) is 11.8 Å². The fourth-order valence-corrected chi connectivity index (χ4v) is 4.23. The average molecular weight is 398 g/mol. The molecule has 0 radical (unpaired) electrons. The molecule has 7 nitrogen and oxygen atoms in total. The lowest BCUT2D eigenvalue weighted by Crippen LogP contribution is -2.13. The van der Waals surface area contributed by atoms with Gasteiger partial charge in [0.25, 0.3) is 21.8 Å². The minimum Gasteiger partial charge on any atom is -0.336 e. The Morgan fingerprint density at radius 1 is 1.28 bits per heavy atom. The highest BCUT2D eigenvalue weighted by Crippen LogP contribution is 2.28. The molecule has 0 saturated heterocycles. The molecule has 10 heteroatoms. The van der Waals surface area contributed by atoms with Crippen LogP contribution in [0.5, 0.6) is 0 Å². The van der Waals surface area contributed by atoms with E-state index in [0.29, 0.717) is 11.4 Å². The van der Waals surface area contributed by atoms with Gasteiger partial charge in [0.1, 0.15) is 10.7 Å². The molecule has 2 N–H and O–H groups in total. The summed E-state index contributed by atoms with van der Waals surface area (Å²) in [6.07, 6.45) is 0. The summed E-state index contributed by atoms with van der Waals surface area (Å²) < 4.78 is 31.8. The molecule has 130 valence electrons. The van der Waals surface area contributed by atoms with Crippen LogP contribution in [0.15, 0.2) is 51.2 Å². The first kappa shape index (κ1) is 17.5. The Morgan fingerprint density at radius 2 is 2.00 bits per heavy atom. The number of hydrogen-bond donors (Lipinski definition) is 2. The van der Waals surface area contributed by atoms with Crippen molar-refractivity contribution in [2.75, 3.05) is 10.0 Å². The molecule has 0 aliphatic heterocycles. The van der Waals surface area contributed by atoms with Gasteiger partial charge in [-0.25, -0.2) is 13.1 Å². The van der Waals surface area contributed by atoms with E-state index in [9.17, 15) is 13.2 Å². The zero-order valence-corrected chi connectivity index (χ0v) is 15.2. The van der Waals surface area contributed by atoms with Crippen molar-refractivity contribution < 1.29 is 17.7 Å². The van der Waals surface area contributed by atoms with Gasteiger partial charge in [0.2, 0.25) is 0 Å². The van der Waals surface area contributed by atoms with Gasteiger partial charge in [-0.15, -0.1) is 11.3 Å². The fraction of sp³-hybridized carbons (Fsp3) is 0.0667. The monoisotopic (exact) mass is 397 g/mol. The van der Waals surface area contributed by atoms with E-state index < -0.39 is 15.9 Å². The summed E-state index contributed by atoms with van der Waals surface area (Å²) in [6, 6.07) is 10.1. The second-order valence-corrected chi connectivity index (χ2v) is 7.95. The van der Waals surface area contributed by atoms with Crippen LogP contribution in [-0.2, 0) is 10.0 Å². The zero-order chi connectivity index (χ0) is 18.0. The summed E-state index contributed by atoms with van der Waals surface area (Å²) in [5.74, 6) is -0.563. The number of hydrogen-bond acceptors (Lipinski definition) is 6. The van der Waals surface area contributed by atoms with E-state index in [4.69, 9.17) is 16.1 Å². The number of nitrogens with zero attached hydrogens (tertiary/aromatic N) is 1. The molecule has 0 saturated carbocycles. The summed E-state index contributed by atoms with van der Waals surface area (Å²) in [6.45, 7) is 1.58. The summed E-state index contributed by atoms with van der Waals surface area (Å²) in [5.41, 5.74) is 0.986. The first-order valence-electron chi connectivity index (χ1n) is 6.96. The second-order valence-electron chi connectivity index (χ2n) is 4.98. The van der Waals surface area contributed by atoms with E-state index >= 15 is 0 Å². The largest absolute Gasteiger partial charge is 0.336 e. The normalized spacial score (nSPS) is 11.3. The maximum atomic E-state index is 12.4. The number of rotatable bonds is 5. The Kier molecular flexibility index (Phi) is 4.80. The summed E-state index contributed by atoms with van der Waals surface area (Å²) in [5, 5.41) is 7.72. The number of carbonyl (C=O) groups excluding carboxylic acids is 1. The van der Waals surface area contributed by atoms with Crippen LogP contribution in [0.25, 0.3) is 0 Å². The van der Waals surface area contributed by atoms with Crippen molar-refractivity contribution in [1.29, 1.82) is 0 Å². The van der Waals surface area contributed by atoms with Gasteiger partial charge in [-0.3, -0.25) is 4.79 Å². The van der Waals surface area contributed by atoms with E-state index in [2.05, 4.69) is 15.2 Å². The molecule has 0 atom stereocenters. The number of benzene rings is 1. The molecular weight excluding hydrogens is 386 g/mol. The Labute approximate surface area is 152 Å². The van der Waals surface area contributed by atoms with Gasteiger partial charge >= 0.3 is 0 Å². The number of amides is 1. The molecule has 0 fully saturated rings. The maximum Gasteiger partial charge on any atom is 0.265 e. The molecule has 3 rings (SSSR count). The van der Waals surface area contributed by atoms with Crippen LogP contribution in [0, 0.1) is 6.92 Å². The molecule has 2 heterocycles. The van der Waals surface area contributed by atoms with Crippen molar-refractivity contribution in [1.82, 2.24) is 5.16 Å². The van der Waals surface area contributed by atoms with Crippen LogP contribution in [0.3, 0.4) is 0 Å². The Hall–Kier alpha value is -2.36. The van der Waals surface area contributed by atoms with Crippen LogP contribution in [0.1, 0.15) is 15.4 Å². The second kappa shape index (κ2) is 6.87. The number of halogens is 1. The molecular formula is C15H12ClN3O4S2. The first-order chi connectivity index (χ1) is 11.9. The molecule has 0 unspecified atom stereocenters. The fourth-order valence-electron chi connectivity index (χ4n) is 1.90. The average Bonchev–Trinajstić information content (AvgIpc) is 3.19. The van der Waals surface area contributed by atoms with E-state index in [1.165, 1.54) is 11.4 Å². The van der Waals surface area contributed by atoms with Gasteiger partial charge in [-0.1, -0.05) is 35.0 Å². The molecule has 2 aromatic heterocycles. The van der Waals surface area contributed by atoms with Gasteiger partial charge in [0, 0.05) is 11.1 Å². The lowest BCUT2D eigenvalue weighted by molar-refractivity contribution is 0.103. The van der Waals surface area contributed by atoms with Gasteiger partial charge in [-0.05, 0) is 25.1 Å². The summed E-state index contributed by atoms with van der Waals surface area (Å²) in [7, 11) is -3.95. The Bertz CT molecular complexity index is 1010. The highest BCUT2D eigenvalue weighted by molar-refractivity contribution is 7.92. The van der Waals surface area contributed by atoms with Crippen LogP contribution in [-0.4, -0.2) is 19.5 Å². The molecule has 0 bridgehead atoms. The van der Waals surface area contributed by atoms with E-state index in [-0.39, 0.29) is 20.7 Å². The molecule has 0 aliphatic rings. The van der Waals surface area contributed by atoms with E-state index in [1.54, 1.807) is 31.2 Å². The van der Waals surface area contributed by atoms with Gasteiger partial charge in [0.05, 0.1) is 9.77 Å². The SMILES string of the molecule is Cc1noc(NS(=O)(=O)c2csc(C(=O)Nc3ccccc3)c2)c1Cl. The smallest absolute Gasteiger partial charge is 0.265 e. The number of aromatic nitrogens is 1. The van der Waals surface area contributed by atoms with Gasteiger partial charge in [-0.2, -0.15) is 0 Å². The number of anilines is 2. The van der Waals surface area contributed by atoms with Crippen molar-refractivity contribution >= 4 is 50.4 Å². The predicted molar refractivity (Wildman–Crippen MR) is 95.8 cm³/mol. The summed E-state index contributed by atoms with van der Waals surface area (Å²) >= 11 is 6.92. The highest BCUT2D eigenvalue weighted by Gasteiger charge is 2.22. The van der Waals surface area contributed by atoms with Gasteiger partial charge < -0.3 is 9.84 Å². The van der Waals surface area contributed by atoms with Gasteiger partial charge in [0.15, 0.2) is 0 Å². The van der Waals surface area contributed by atoms with Crippen molar-refractivity contribution in [3.05, 3.63) is 57.4 Å². The number of sulfonamides is 1. The Balaban J connectivity index is 1.78. The number of thiophene rings is 1. The number of nitrogens with one attached hydrogen (secondary N) is 2. The third-order valence-electron chi connectivity index (χ3n) is 3.16. The van der Waals surface area contributed by atoms with Crippen molar-refractivity contribution in [2.24, 2.45) is 0 Å². The molecule has 3 aromatic rings. The number of para-hydroxylation sites is 1. The van der Waals surface area contributed by atoms with Crippen molar-refractivity contribution in [3.8, 4) is 0 Å². The molecule has 25 heavy (non-hydrogen) atoms. The third kappa shape index (κ3) is 3.84. The molecule has 0 spiro atoms. The van der Waals surface area contributed by atoms with Crippen LogP contribution in [0.2, 0.25) is 5.02 Å². The Morgan fingerprint density at radius 3 is 2.64 bits per heavy atom. The van der Waals surface area contributed by atoms with Crippen molar-refractivity contribution in [3.63, 3.8) is 0 Å². The quantitative estimate of drug-likeness (QED) is 0.682. The topological polar surface area (TPSA) is 101 Å². The first-order valence-corrected chi connectivity index (χ1v) is 9.70. The standard InChI is InChI=1S/C15H12ClN3O4S2/c1-9-13(16)15(23-18-9)19-25(21,22)11-7-12(24-8-11)14(20)17-10-5-3-2-4-6-10/h2-8,19H,1H3,(H,17,20).